The fourth-order valence-electron chi connectivity index (χ4n) is 11.1. The number of aromatic hydroxyl groups is 1. The number of fused-ring (bicyclic) bond motifs is 2. The van der Waals surface area contributed by atoms with Gasteiger partial charge in [0.2, 0.25) is 29.5 Å². The molecule has 0 spiro atoms. The second kappa shape index (κ2) is 33.4. The normalized spacial score (nSPS) is 28.2. The van der Waals surface area contributed by atoms with Crippen molar-refractivity contribution in [2.24, 2.45) is 29.4 Å². The molecule has 0 aliphatic carbocycles. The number of aliphatic hydroxyl groups excluding tert-OH is 7. The molecule has 3 fully saturated rings. The molecular weight excluding hydrogens is 1040 g/mol. The number of nitrogens with zero attached hydrogens (tertiary/aromatic N) is 2. The number of ketones is 2. The van der Waals surface area contributed by atoms with Crippen molar-refractivity contribution in [1.82, 2.24) is 36.4 Å². The zero-order chi connectivity index (χ0) is 59.4. The lowest BCUT2D eigenvalue weighted by atomic mass is 9.86. The second-order valence-corrected chi connectivity index (χ2v) is 23.2. The highest BCUT2D eigenvalue weighted by atomic mass is 16.3. The number of rotatable bonds is 26. The predicted molar refractivity (Wildman–Crippen MR) is 297 cm³/mol. The summed E-state index contributed by atoms with van der Waals surface area (Å²) >= 11 is 0. The fraction of sp³-hybridized carbons (Fsp3) is 0.772. The molecule has 16 atom stereocenters. The van der Waals surface area contributed by atoms with Gasteiger partial charge in [0.05, 0.1) is 48.6 Å². The minimum absolute atomic E-state index is 0.00934. The Morgan fingerprint density at radius 1 is 0.750 bits per heavy atom. The van der Waals surface area contributed by atoms with E-state index in [2.05, 4.69) is 47.4 Å². The van der Waals surface area contributed by atoms with Crippen LogP contribution in [0.3, 0.4) is 0 Å². The molecule has 3 heterocycles. The van der Waals surface area contributed by atoms with Crippen molar-refractivity contribution in [3.8, 4) is 5.75 Å². The molecule has 1 aromatic carbocycles. The first kappa shape index (κ1) is 67.8. The second-order valence-electron chi connectivity index (χ2n) is 23.2. The molecule has 4 rings (SSSR count). The number of unbranched alkanes of at least 4 members (excludes halogenated alkanes) is 5. The average Bonchev–Trinajstić information content (AvgIpc) is 4.12. The summed E-state index contributed by atoms with van der Waals surface area (Å²) in [6.45, 7) is 11.3. The molecule has 3 aliphatic heterocycles. The number of benzene rings is 1. The molecule has 0 unspecified atom stereocenters. The molecular formula is C57H96N8O15. The lowest BCUT2D eigenvalue weighted by Gasteiger charge is -2.34. The van der Waals surface area contributed by atoms with E-state index < -0.39 is 152 Å². The first-order valence-corrected chi connectivity index (χ1v) is 29.2. The van der Waals surface area contributed by atoms with Crippen LogP contribution >= 0.6 is 0 Å². The minimum atomic E-state index is -2.16. The molecule has 0 radical (unpaired) electrons. The lowest BCUT2D eigenvalue weighted by molar-refractivity contribution is -0.149. The third-order valence-electron chi connectivity index (χ3n) is 16.0. The average molecular weight is 1130 g/mol. The van der Waals surface area contributed by atoms with Crippen molar-refractivity contribution in [1.29, 1.82) is 0 Å². The summed E-state index contributed by atoms with van der Waals surface area (Å²) in [5.74, 6) is -8.75. The molecule has 5 amide bonds. The number of phenolic OH excluding ortho intramolecular Hbond substituents is 1. The number of aliphatic hydroxyl groups is 7. The number of carbonyl (C=O) groups excluding carboxylic acids is 7. The van der Waals surface area contributed by atoms with Gasteiger partial charge in [-0.1, -0.05) is 91.7 Å². The topological polar surface area (TPSA) is 374 Å². The van der Waals surface area contributed by atoms with Crippen molar-refractivity contribution in [2.45, 2.75) is 223 Å². The first-order valence-electron chi connectivity index (χ1n) is 29.2. The number of phenols is 1. The SMILES string of the molecule is CC[C@H](C)C[C@H](C)CCCCCCCCC(=O)C[C@H]1C[C@@H](O)[C@@H](NCCNC(C)C)NC(=O)[C@@H]2[C@@H](O)CCN2C(=O)[C@H]([C@H](O)CCN)NC(=O)[C@H]([C@H](O)[C@@H](O)c2ccc(O)cc2)CC(=O)[C@@H]2C[C@@H](O)CN2C(=O)[C@H]([C@@H](C)O)NC1=O. The van der Waals surface area contributed by atoms with E-state index in [0.29, 0.717) is 24.8 Å². The summed E-state index contributed by atoms with van der Waals surface area (Å²) in [5, 5.41) is 104. The van der Waals surface area contributed by atoms with Crippen LogP contribution in [0.5, 0.6) is 5.75 Å². The van der Waals surface area contributed by atoms with Crippen molar-refractivity contribution in [2.75, 3.05) is 32.7 Å². The number of Topliss-reactive ketones (excluding diaryl/α,β-unsaturated/α-hetero) is 2. The zero-order valence-electron chi connectivity index (χ0n) is 47.9. The van der Waals surface area contributed by atoms with Crippen LogP contribution in [-0.4, -0.2) is 197 Å². The Morgan fingerprint density at radius 3 is 2.02 bits per heavy atom. The third kappa shape index (κ3) is 20.3. The van der Waals surface area contributed by atoms with Crippen LogP contribution in [0.4, 0.5) is 0 Å². The van der Waals surface area contributed by atoms with E-state index in [9.17, 15) is 74.4 Å². The largest absolute Gasteiger partial charge is 0.508 e. The number of hydrogen-bond donors (Lipinski definition) is 14. The highest BCUT2D eigenvalue weighted by Gasteiger charge is 2.49. The Balaban J connectivity index is 1.76. The van der Waals surface area contributed by atoms with Gasteiger partial charge in [0.15, 0.2) is 5.78 Å². The van der Waals surface area contributed by atoms with Gasteiger partial charge < -0.3 is 77.7 Å². The monoisotopic (exact) mass is 1130 g/mol. The number of nitrogens with one attached hydrogen (secondary N) is 5. The van der Waals surface area contributed by atoms with Crippen molar-refractivity contribution < 1.29 is 74.4 Å². The van der Waals surface area contributed by atoms with Gasteiger partial charge in [0, 0.05) is 63.8 Å². The van der Waals surface area contributed by atoms with Crippen molar-refractivity contribution in [3.05, 3.63) is 29.8 Å². The summed E-state index contributed by atoms with van der Waals surface area (Å²) in [7, 11) is 0. The van der Waals surface area contributed by atoms with Gasteiger partial charge in [0.1, 0.15) is 41.9 Å². The van der Waals surface area contributed by atoms with Crippen LogP contribution in [0.1, 0.15) is 156 Å². The van der Waals surface area contributed by atoms with Crippen LogP contribution in [-0.2, 0) is 33.6 Å². The lowest BCUT2D eigenvalue weighted by Crippen LogP contribution is -2.63. The summed E-state index contributed by atoms with van der Waals surface area (Å²) in [6.07, 6.45) is -7.11. The van der Waals surface area contributed by atoms with E-state index in [1.165, 1.54) is 37.6 Å². The zero-order valence-corrected chi connectivity index (χ0v) is 47.9. The highest BCUT2D eigenvalue weighted by Crippen LogP contribution is 2.31. The molecule has 0 saturated carbocycles. The predicted octanol–water partition coefficient (Wildman–Crippen LogP) is -0.0914. The van der Waals surface area contributed by atoms with E-state index in [0.717, 1.165) is 54.7 Å². The van der Waals surface area contributed by atoms with Gasteiger partial charge >= 0.3 is 0 Å². The van der Waals surface area contributed by atoms with Gasteiger partial charge in [-0.25, -0.2) is 0 Å². The summed E-state index contributed by atoms with van der Waals surface area (Å²) in [6, 6.07) is -2.04. The van der Waals surface area contributed by atoms with Gasteiger partial charge in [0.25, 0.3) is 0 Å². The van der Waals surface area contributed by atoms with Crippen molar-refractivity contribution in [3.63, 3.8) is 0 Å². The van der Waals surface area contributed by atoms with Crippen LogP contribution in [0.25, 0.3) is 0 Å². The summed E-state index contributed by atoms with van der Waals surface area (Å²) in [4.78, 5) is 103. The minimum Gasteiger partial charge on any atom is -0.508 e. The molecule has 23 heteroatoms. The van der Waals surface area contributed by atoms with E-state index in [4.69, 9.17) is 5.73 Å². The standard InChI is InChI=1S/C57H96N8O15/c1-7-33(4)26-34(5)14-12-10-8-9-11-13-15-39(68)27-37-28-46(73)52(60-24-23-59-32(2)3)63-55(78)49-44(71)21-25-64(49)57(80)48(43(70)20-22-58)62-54(77)41(51(75)50(74)36-16-18-38(67)19-17-36)30-45(72)42-29-40(69)31-65(42)56(79)47(35(6)66)61-53(37)76/h16-19,32-35,37,40-44,46-52,59-60,66-67,69-71,73-75H,7-15,20-31,58H2,1-6H3,(H,61,76)(H,62,77)(H,63,78)/t33-,34+,35+,37-,40+,41-,42-,43+,44-,46+,47-,48-,49-,50-,51-,52-/m0/s1. The van der Waals surface area contributed by atoms with Gasteiger partial charge in [-0.2, -0.15) is 0 Å². The molecule has 80 heavy (non-hydrogen) atoms. The van der Waals surface area contributed by atoms with Crippen molar-refractivity contribution >= 4 is 41.1 Å². The third-order valence-corrected chi connectivity index (χ3v) is 16.0. The van der Waals surface area contributed by atoms with Gasteiger partial charge in [-0.15, -0.1) is 0 Å². The van der Waals surface area contributed by atoms with Gasteiger partial charge in [-0.3, -0.25) is 38.9 Å². The Labute approximate surface area is 471 Å². The van der Waals surface area contributed by atoms with Gasteiger partial charge in [-0.05, 0) is 75.1 Å². The fourth-order valence-corrected chi connectivity index (χ4v) is 11.1. The number of nitrogens with two attached hydrogens (primary N) is 1. The maximum Gasteiger partial charge on any atom is 0.248 e. The Hall–Kier alpha value is -4.69. The van der Waals surface area contributed by atoms with E-state index in [1.807, 2.05) is 13.8 Å². The molecule has 0 aromatic heterocycles. The summed E-state index contributed by atoms with van der Waals surface area (Å²) < 4.78 is 0. The summed E-state index contributed by atoms with van der Waals surface area (Å²) in [5.41, 5.74) is 5.79. The molecule has 23 nitrogen and oxygen atoms in total. The Kier molecular flexibility index (Phi) is 28.3. The van der Waals surface area contributed by atoms with Crippen LogP contribution < -0.4 is 32.3 Å². The first-order chi connectivity index (χ1) is 37.9. The molecule has 454 valence electrons. The maximum atomic E-state index is 14.7. The Bertz CT molecular complexity index is 2140. The van der Waals surface area contributed by atoms with E-state index >= 15 is 0 Å². The molecule has 1 aromatic rings. The smallest absolute Gasteiger partial charge is 0.248 e. The number of carbonyl (C=O) groups is 7. The van der Waals surface area contributed by atoms with Crippen LogP contribution in [0.15, 0.2) is 24.3 Å². The molecule has 15 N–H and O–H groups in total. The number of amides is 5. The van der Waals surface area contributed by atoms with E-state index in [-0.39, 0.29) is 62.0 Å². The molecule has 3 aliphatic rings. The molecule has 3 saturated heterocycles. The van der Waals surface area contributed by atoms with Crippen LogP contribution in [0.2, 0.25) is 0 Å². The van der Waals surface area contributed by atoms with Crippen LogP contribution in [0, 0.1) is 23.7 Å². The Morgan fingerprint density at radius 2 is 1.39 bits per heavy atom. The quantitative estimate of drug-likeness (QED) is 0.0539. The molecule has 0 bridgehead atoms. The van der Waals surface area contributed by atoms with E-state index in [1.54, 1.807) is 0 Å². The number of hydrogen-bond acceptors (Lipinski definition) is 18. The highest BCUT2D eigenvalue weighted by molar-refractivity contribution is 5.98. The maximum absolute atomic E-state index is 14.7.